The molecule has 0 aliphatic carbocycles. The number of aromatic nitrogens is 2. The Hall–Kier alpha value is -1.74. The summed E-state index contributed by atoms with van der Waals surface area (Å²) in [7, 11) is 0. The molecule has 0 saturated heterocycles. The molecule has 0 aliphatic heterocycles. The molecule has 1 aromatic carbocycles. The molecule has 2 heterocycles. The molecule has 3 rings (SSSR count). The van der Waals surface area contributed by atoms with Crippen molar-refractivity contribution >= 4 is 28.3 Å². The van der Waals surface area contributed by atoms with Gasteiger partial charge in [-0.3, -0.25) is 9.20 Å². The normalized spacial score (nSPS) is 11.4. The second-order valence-corrected chi connectivity index (χ2v) is 4.44. The van der Waals surface area contributed by atoms with Gasteiger partial charge < -0.3 is 4.98 Å². The maximum Gasteiger partial charge on any atom is 0.257 e. The number of benzene rings is 1. The highest BCUT2D eigenvalue weighted by Crippen LogP contribution is 2.23. The van der Waals surface area contributed by atoms with Crippen molar-refractivity contribution in [3.05, 3.63) is 51.3 Å². The van der Waals surface area contributed by atoms with E-state index < -0.39 is 0 Å². The third-order valence-corrected chi connectivity index (χ3v) is 3.28. The van der Waals surface area contributed by atoms with Crippen LogP contribution in [0.15, 0.2) is 35.1 Å². The lowest BCUT2D eigenvalue weighted by Gasteiger charge is -1.99. The molecule has 3 aromatic rings. The van der Waals surface area contributed by atoms with E-state index in [9.17, 15) is 4.79 Å². The van der Waals surface area contributed by atoms with Gasteiger partial charge in [-0.25, -0.2) is 0 Å². The Balaban J connectivity index is 2.58. The van der Waals surface area contributed by atoms with E-state index in [4.69, 9.17) is 11.6 Å². The molecule has 0 saturated carbocycles. The largest absolute Gasteiger partial charge is 0.340 e. The van der Waals surface area contributed by atoms with Gasteiger partial charge in [0, 0.05) is 6.07 Å². The smallest absolute Gasteiger partial charge is 0.257 e. The zero-order chi connectivity index (χ0) is 12.0. The van der Waals surface area contributed by atoms with Crippen LogP contribution < -0.4 is 5.56 Å². The number of fused-ring (bicyclic) bond motifs is 3. The Bertz CT molecular complexity index is 770. The van der Waals surface area contributed by atoms with Crippen LogP contribution >= 0.6 is 11.6 Å². The lowest BCUT2D eigenvalue weighted by Crippen LogP contribution is -2.12. The first-order valence-corrected chi connectivity index (χ1v) is 5.90. The summed E-state index contributed by atoms with van der Waals surface area (Å²) >= 11 is 6.14. The Morgan fingerprint density at radius 1 is 1.35 bits per heavy atom. The maximum absolute atomic E-state index is 12.1. The number of aryl methyl sites for hydroxylation is 1. The first-order valence-electron chi connectivity index (χ1n) is 5.52. The van der Waals surface area contributed by atoms with Crippen LogP contribution in [0.25, 0.3) is 16.7 Å². The average Bonchev–Trinajstić information content (AvgIpc) is 2.68. The van der Waals surface area contributed by atoms with E-state index >= 15 is 0 Å². The predicted octanol–water partition coefficient (Wildman–Crippen LogP) is 3.00. The van der Waals surface area contributed by atoms with Crippen LogP contribution in [0.5, 0.6) is 0 Å². The Morgan fingerprint density at radius 2 is 2.18 bits per heavy atom. The summed E-state index contributed by atoms with van der Waals surface area (Å²) in [4.78, 5) is 15.3. The van der Waals surface area contributed by atoms with Crippen molar-refractivity contribution in [1.82, 2.24) is 9.38 Å². The topological polar surface area (TPSA) is 37.3 Å². The highest BCUT2D eigenvalue weighted by Gasteiger charge is 2.09. The minimum atomic E-state index is -0.0429. The summed E-state index contributed by atoms with van der Waals surface area (Å²) < 4.78 is 1.62. The van der Waals surface area contributed by atoms with E-state index in [1.165, 1.54) is 0 Å². The van der Waals surface area contributed by atoms with Crippen LogP contribution in [0.4, 0.5) is 0 Å². The van der Waals surface area contributed by atoms with Gasteiger partial charge in [0.2, 0.25) is 0 Å². The third-order valence-electron chi connectivity index (χ3n) is 2.97. The summed E-state index contributed by atoms with van der Waals surface area (Å²) in [6.45, 7) is 2.03. The second-order valence-electron chi connectivity index (χ2n) is 4.04. The zero-order valence-electron chi connectivity index (χ0n) is 9.33. The lowest BCUT2D eigenvalue weighted by molar-refractivity contribution is 1.07. The summed E-state index contributed by atoms with van der Waals surface area (Å²) in [6.07, 6.45) is 0.842. The van der Waals surface area contributed by atoms with E-state index in [0.717, 1.165) is 28.7 Å². The fourth-order valence-corrected chi connectivity index (χ4v) is 2.39. The molecular formula is C13H11ClN2O. The van der Waals surface area contributed by atoms with Gasteiger partial charge in [0.15, 0.2) is 0 Å². The molecule has 17 heavy (non-hydrogen) atoms. The zero-order valence-corrected chi connectivity index (χ0v) is 10.1. The molecule has 0 unspecified atom stereocenters. The Morgan fingerprint density at radius 3 is 2.94 bits per heavy atom. The van der Waals surface area contributed by atoms with Crippen molar-refractivity contribution in [2.45, 2.75) is 13.3 Å². The van der Waals surface area contributed by atoms with Crippen LogP contribution in [0, 0.1) is 0 Å². The van der Waals surface area contributed by atoms with Crippen molar-refractivity contribution in [3.63, 3.8) is 0 Å². The number of nitrogens with zero attached hydrogens (tertiary/aromatic N) is 1. The number of hydrogen-bond donors (Lipinski definition) is 1. The number of pyridine rings is 1. The van der Waals surface area contributed by atoms with Gasteiger partial charge in [0.1, 0.15) is 5.65 Å². The van der Waals surface area contributed by atoms with Gasteiger partial charge in [0.25, 0.3) is 5.56 Å². The number of imidazole rings is 1. The molecule has 1 N–H and O–H groups in total. The van der Waals surface area contributed by atoms with E-state index in [1.54, 1.807) is 16.5 Å². The second kappa shape index (κ2) is 3.64. The Kier molecular flexibility index (Phi) is 2.23. The minimum Gasteiger partial charge on any atom is -0.340 e. The van der Waals surface area contributed by atoms with Gasteiger partial charge in [-0.1, -0.05) is 24.6 Å². The number of hydrogen-bond acceptors (Lipinski definition) is 1. The molecule has 0 radical (unpaired) electrons. The highest BCUT2D eigenvalue weighted by molar-refractivity contribution is 6.35. The van der Waals surface area contributed by atoms with Crippen molar-refractivity contribution in [2.24, 2.45) is 0 Å². The molecule has 0 fully saturated rings. The Labute approximate surface area is 103 Å². The molecule has 0 amide bonds. The van der Waals surface area contributed by atoms with Crippen LogP contribution in [0.2, 0.25) is 5.02 Å². The number of nitrogens with one attached hydrogen (secondary N) is 1. The lowest BCUT2D eigenvalue weighted by atomic mass is 10.2. The van der Waals surface area contributed by atoms with E-state index in [0.29, 0.717) is 5.02 Å². The maximum atomic E-state index is 12.1. The predicted molar refractivity (Wildman–Crippen MR) is 69.9 cm³/mol. The van der Waals surface area contributed by atoms with Crippen molar-refractivity contribution in [3.8, 4) is 0 Å². The number of halogens is 1. The van der Waals surface area contributed by atoms with Crippen molar-refractivity contribution in [1.29, 1.82) is 0 Å². The summed E-state index contributed by atoms with van der Waals surface area (Å²) in [6, 6.07) is 9.21. The molecule has 4 heteroatoms. The van der Waals surface area contributed by atoms with Gasteiger partial charge >= 0.3 is 0 Å². The summed E-state index contributed by atoms with van der Waals surface area (Å²) in [5, 5.41) is 0.583. The van der Waals surface area contributed by atoms with Gasteiger partial charge in [0.05, 0.1) is 16.1 Å². The number of H-pyrrole nitrogens is 1. The molecular weight excluding hydrogens is 236 g/mol. The van der Waals surface area contributed by atoms with Gasteiger partial charge in [-0.2, -0.15) is 0 Å². The van der Waals surface area contributed by atoms with E-state index in [1.807, 2.05) is 25.1 Å². The molecule has 86 valence electrons. The number of aromatic amines is 1. The number of rotatable bonds is 1. The fraction of sp³-hybridized carbons (Fsp3) is 0.154. The molecule has 0 bridgehead atoms. The average molecular weight is 247 g/mol. The third kappa shape index (κ3) is 1.46. The van der Waals surface area contributed by atoms with E-state index in [-0.39, 0.29) is 5.56 Å². The van der Waals surface area contributed by atoms with Crippen LogP contribution in [0.3, 0.4) is 0 Å². The quantitative estimate of drug-likeness (QED) is 0.704. The SMILES string of the molecule is CCc1cc(=O)n2c(c1)[nH]c1cccc(Cl)c12. The van der Waals surface area contributed by atoms with Crippen LogP contribution in [-0.2, 0) is 6.42 Å². The van der Waals surface area contributed by atoms with E-state index in [2.05, 4.69) is 4.98 Å². The molecule has 3 nitrogen and oxygen atoms in total. The highest BCUT2D eigenvalue weighted by atomic mass is 35.5. The van der Waals surface area contributed by atoms with Crippen molar-refractivity contribution < 1.29 is 0 Å². The van der Waals surface area contributed by atoms with Gasteiger partial charge in [-0.15, -0.1) is 0 Å². The van der Waals surface area contributed by atoms with Crippen LogP contribution in [0.1, 0.15) is 12.5 Å². The van der Waals surface area contributed by atoms with Gasteiger partial charge in [-0.05, 0) is 30.2 Å². The summed E-state index contributed by atoms with van der Waals surface area (Å²) in [5.41, 5.74) is 3.40. The fourth-order valence-electron chi connectivity index (χ4n) is 2.13. The first kappa shape index (κ1) is 10.4. The van der Waals surface area contributed by atoms with Crippen LogP contribution in [-0.4, -0.2) is 9.38 Å². The molecule has 0 atom stereocenters. The summed E-state index contributed by atoms with van der Waals surface area (Å²) in [5.74, 6) is 0. The van der Waals surface area contributed by atoms with Crippen molar-refractivity contribution in [2.75, 3.05) is 0 Å². The molecule has 0 aliphatic rings. The standard InChI is InChI=1S/C13H11ClN2O/c1-2-8-6-11-15-10-5-3-4-9(14)13(10)16(11)12(17)7-8/h3-7,15H,2H2,1H3. The number of para-hydroxylation sites is 1. The molecule has 0 spiro atoms. The minimum absolute atomic E-state index is 0.0429. The first-order chi connectivity index (χ1) is 8.20. The monoisotopic (exact) mass is 246 g/mol. The molecule has 2 aromatic heterocycles.